The van der Waals surface area contributed by atoms with E-state index in [1.807, 2.05) is 0 Å². The summed E-state index contributed by atoms with van der Waals surface area (Å²) in [6, 6.07) is 0.349. The standard InChI is InChI=1S/C61H123NO3/c1-5-8-11-14-17-20-23-26-29-32-35-38-41-44-47-50-55-63-59-54-53-58(62-4)60(64-56-51-48-45-42-39-36-33-30-27-24-21-18-15-12-9-6-2)61(59)65-57-52-49-46-43-40-37-34-31-28-25-22-19-16-13-10-7-3/h58-62H,5-57H2,1-4H3. The van der Waals surface area contributed by atoms with Crippen molar-refractivity contribution in [3.05, 3.63) is 0 Å². The molecule has 0 bridgehead atoms. The van der Waals surface area contributed by atoms with Gasteiger partial charge in [-0.25, -0.2) is 0 Å². The molecule has 0 aliphatic heterocycles. The molecule has 1 saturated carbocycles. The Morgan fingerprint density at radius 1 is 0.262 bits per heavy atom. The molecule has 0 spiro atoms. The first kappa shape index (κ1) is 62.9. The maximum atomic E-state index is 6.84. The molecule has 4 atom stereocenters. The number of hydrogen-bond donors (Lipinski definition) is 1. The second-order valence-electron chi connectivity index (χ2n) is 21.5. The van der Waals surface area contributed by atoms with Crippen LogP contribution >= 0.6 is 0 Å². The second-order valence-corrected chi connectivity index (χ2v) is 21.5. The summed E-state index contributed by atoms with van der Waals surface area (Å²) >= 11 is 0. The van der Waals surface area contributed by atoms with Gasteiger partial charge in [0.25, 0.3) is 0 Å². The summed E-state index contributed by atoms with van der Waals surface area (Å²) < 4.78 is 20.4. The molecule has 65 heavy (non-hydrogen) atoms. The van der Waals surface area contributed by atoms with Crippen LogP contribution in [0.15, 0.2) is 0 Å². The van der Waals surface area contributed by atoms with Crippen LogP contribution in [0.4, 0.5) is 0 Å². The molecule has 4 unspecified atom stereocenters. The minimum atomic E-state index is 0.0413. The molecule has 1 aliphatic carbocycles. The number of nitrogens with one attached hydrogen (secondary N) is 1. The zero-order valence-corrected chi connectivity index (χ0v) is 45.5. The third-order valence-electron chi connectivity index (χ3n) is 15.2. The molecule has 0 amide bonds. The summed E-state index contributed by atoms with van der Waals surface area (Å²) in [6.45, 7) is 9.50. The largest absolute Gasteiger partial charge is 0.375 e. The maximum absolute atomic E-state index is 6.84. The number of likely N-dealkylation sites (N-methyl/N-ethyl adjacent to an activating group) is 1. The zero-order chi connectivity index (χ0) is 46.6. The number of rotatable bonds is 55. The van der Waals surface area contributed by atoms with Crippen molar-refractivity contribution in [3.8, 4) is 0 Å². The van der Waals surface area contributed by atoms with Gasteiger partial charge < -0.3 is 19.5 Å². The van der Waals surface area contributed by atoms with Gasteiger partial charge >= 0.3 is 0 Å². The van der Waals surface area contributed by atoms with Crippen LogP contribution in [-0.2, 0) is 14.2 Å². The molecule has 4 nitrogen and oxygen atoms in total. The lowest BCUT2D eigenvalue weighted by atomic mass is 9.87. The van der Waals surface area contributed by atoms with Gasteiger partial charge in [-0.3, -0.25) is 0 Å². The van der Waals surface area contributed by atoms with E-state index in [0.717, 1.165) is 39.1 Å². The van der Waals surface area contributed by atoms with E-state index in [4.69, 9.17) is 14.2 Å². The van der Waals surface area contributed by atoms with E-state index in [2.05, 4.69) is 33.1 Å². The summed E-state index contributed by atoms with van der Waals surface area (Å²) in [5, 5.41) is 3.63. The maximum Gasteiger partial charge on any atom is 0.111 e. The molecule has 1 N–H and O–H groups in total. The van der Waals surface area contributed by atoms with Gasteiger partial charge in [0.05, 0.1) is 6.10 Å². The van der Waals surface area contributed by atoms with Gasteiger partial charge in [-0.15, -0.1) is 0 Å². The first-order valence-corrected chi connectivity index (χ1v) is 30.8. The average molecular weight is 919 g/mol. The summed E-state index contributed by atoms with van der Waals surface area (Å²) in [5.41, 5.74) is 0. The van der Waals surface area contributed by atoms with Crippen LogP contribution < -0.4 is 5.32 Å². The topological polar surface area (TPSA) is 39.7 Å². The lowest BCUT2D eigenvalue weighted by Gasteiger charge is -2.42. The molecule has 0 aromatic rings. The fourth-order valence-corrected chi connectivity index (χ4v) is 10.6. The molecule has 0 aromatic heterocycles. The Morgan fingerprint density at radius 3 is 0.723 bits per heavy atom. The zero-order valence-electron chi connectivity index (χ0n) is 45.5. The van der Waals surface area contributed by atoms with Crippen LogP contribution in [0.25, 0.3) is 0 Å². The van der Waals surface area contributed by atoms with Crippen LogP contribution in [-0.4, -0.2) is 51.2 Å². The van der Waals surface area contributed by atoms with E-state index in [-0.39, 0.29) is 18.3 Å². The molecular weight excluding hydrogens is 795 g/mol. The summed E-state index contributed by atoms with van der Waals surface area (Å²) in [4.78, 5) is 0. The predicted molar refractivity (Wildman–Crippen MR) is 290 cm³/mol. The van der Waals surface area contributed by atoms with Crippen molar-refractivity contribution in [1.29, 1.82) is 0 Å². The van der Waals surface area contributed by atoms with Crippen LogP contribution in [0.5, 0.6) is 0 Å². The normalized spacial score (nSPS) is 17.7. The predicted octanol–water partition coefficient (Wildman–Crippen LogP) is 20.3. The van der Waals surface area contributed by atoms with Crippen molar-refractivity contribution < 1.29 is 14.2 Å². The minimum absolute atomic E-state index is 0.0413. The monoisotopic (exact) mass is 918 g/mol. The van der Waals surface area contributed by atoms with Gasteiger partial charge in [0.15, 0.2) is 0 Å². The first-order valence-electron chi connectivity index (χ1n) is 30.8. The molecule has 0 radical (unpaired) electrons. The summed E-state index contributed by atoms with van der Waals surface area (Å²) in [7, 11) is 2.13. The van der Waals surface area contributed by atoms with Gasteiger partial charge in [-0.1, -0.05) is 310 Å². The molecule has 4 heteroatoms. The Labute approximate surface area is 411 Å². The Kier molecular flexibility index (Phi) is 51.4. The fraction of sp³-hybridized carbons (Fsp3) is 1.00. The Hall–Kier alpha value is -0.160. The van der Waals surface area contributed by atoms with Crippen molar-refractivity contribution in [3.63, 3.8) is 0 Å². The highest BCUT2D eigenvalue weighted by Gasteiger charge is 2.41. The highest BCUT2D eigenvalue weighted by atomic mass is 16.6. The number of hydrogen-bond acceptors (Lipinski definition) is 4. The number of ether oxygens (including phenoxy) is 3. The van der Waals surface area contributed by atoms with Gasteiger partial charge in [-0.2, -0.15) is 0 Å². The van der Waals surface area contributed by atoms with Crippen molar-refractivity contribution >= 4 is 0 Å². The number of unbranched alkanes of at least 4 members (excludes halogenated alkanes) is 45. The van der Waals surface area contributed by atoms with Gasteiger partial charge in [0.2, 0.25) is 0 Å². The summed E-state index contributed by atoms with van der Waals surface area (Å²) in [5.74, 6) is 0. The second kappa shape index (κ2) is 53.2. The van der Waals surface area contributed by atoms with E-state index >= 15 is 0 Å². The Balaban J connectivity index is 2.34. The Bertz CT molecular complexity index is 868. The SMILES string of the molecule is CCCCCCCCCCCCCCCCCCOC1CCC(NC)C(OCCCCCCCCCCCCCCCCCC)C1OCCCCCCCCCCCCCCCCCC. The third-order valence-corrected chi connectivity index (χ3v) is 15.2. The summed E-state index contributed by atoms with van der Waals surface area (Å²) in [6.07, 6.45) is 69.9. The van der Waals surface area contributed by atoms with Gasteiger partial charge in [-0.05, 0) is 39.2 Å². The molecule has 0 heterocycles. The van der Waals surface area contributed by atoms with Crippen molar-refractivity contribution in [1.82, 2.24) is 5.32 Å². The lowest BCUT2D eigenvalue weighted by molar-refractivity contribution is -0.168. The lowest BCUT2D eigenvalue weighted by Crippen LogP contribution is -2.57. The van der Waals surface area contributed by atoms with Gasteiger partial charge in [0.1, 0.15) is 12.2 Å². The highest BCUT2D eigenvalue weighted by molar-refractivity contribution is 4.94. The van der Waals surface area contributed by atoms with E-state index in [1.165, 1.54) is 302 Å². The molecule has 0 saturated heterocycles. The van der Waals surface area contributed by atoms with E-state index in [1.54, 1.807) is 0 Å². The fourth-order valence-electron chi connectivity index (χ4n) is 10.6. The third kappa shape index (κ3) is 42.4. The quantitative estimate of drug-likeness (QED) is 0.0617. The van der Waals surface area contributed by atoms with Crippen molar-refractivity contribution in [2.75, 3.05) is 26.9 Å². The molecule has 390 valence electrons. The van der Waals surface area contributed by atoms with Crippen LogP contribution in [0.3, 0.4) is 0 Å². The van der Waals surface area contributed by atoms with Crippen LogP contribution in [0.2, 0.25) is 0 Å². The Morgan fingerprint density at radius 2 is 0.477 bits per heavy atom. The van der Waals surface area contributed by atoms with E-state index in [9.17, 15) is 0 Å². The molecule has 1 fully saturated rings. The van der Waals surface area contributed by atoms with Crippen LogP contribution in [0, 0.1) is 0 Å². The molecule has 1 aliphatic rings. The molecule has 1 rings (SSSR count). The van der Waals surface area contributed by atoms with Crippen molar-refractivity contribution in [2.45, 2.75) is 366 Å². The molecule has 0 aromatic carbocycles. The minimum Gasteiger partial charge on any atom is -0.375 e. The van der Waals surface area contributed by atoms with Crippen molar-refractivity contribution in [2.24, 2.45) is 0 Å². The average Bonchev–Trinajstić information content (AvgIpc) is 3.32. The van der Waals surface area contributed by atoms with E-state index < -0.39 is 0 Å². The smallest absolute Gasteiger partial charge is 0.111 e. The van der Waals surface area contributed by atoms with Crippen LogP contribution in [0.1, 0.15) is 342 Å². The first-order chi connectivity index (χ1) is 32.3. The van der Waals surface area contributed by atoms with Gasteiger partial charge in [0, 0.05) is 25.9 Å². The molecular formula is C61H123NO3. The highest BCUT2D eigenvalue weighted by Crippen LogP contribution is 2.29. The van der Waals surface area contributed by atoms with E-state index in [0.29, 0.717) is 6.04 Å².